The topological polar surface area (TPSA) is 73.6 Å². The molecule has 2 aromatic rings. The van der Waals surface area contributed by atoms with Crippen LogP contribution < -0.4 is 10.9 Å². The fourth-order valence-corrected chi connectivity index (χ4v) is 1.36. The lowest BCUT2D eigenvalue weighted by Gasteiger charge is -2.01. The highest BCUT2D eigenvalue weighted by Crippen LogP contribution is 2.13. The van der Waals surface area contributed by atoms with Crippen molar-refractivity contribution in [2.45, 2.75) is 0 Å². The quantitative estimate of drug-likeness (QED) is 0.763. The number of H-pyrrole nitrogens is 2. The number of aromatic nitrogens is 3. The summed E-state index contributed by atoms with van der Waals surface area (Å²) in [5, 5.41) is 9.36. The lowest BCUT2D eigenvalue weighted by Crippen LogP contribution is -2.10. The van der Waals surface area contributed by atoms with E-state index in [1.54, 1.807) is 24.5 Å². The maximum atomic E-state index is 11.3. The third kappa shape index (κ3) is 1.85. The minimum atomic E-state index is -0.178. The zero-order chi connectivity index (χ0) is 9.97. The molecule has 0 fully saturated rings. The SMILES string of the molecule is O=c1[nH]cc(Br)cc1Nc1ccn[nH]1. The molecule has 0 aliphatic rings. The Balaban J connectivity index is 2.33. The fraction of sp³-hybridized carbons (Fsp3) is 0. The van der Waals surface area contributed by atoms with Crippen molar-refractivity contribution < 1.29 is 0 Å². The highest BCUT2D eigenvalue weighted by molar-refractivity contribution is 9.10. The fourth-order valence-electron chi connectivity index (χ4n) is 1.02. The zero-order valence-electron chi connectivity index (χ0n) is 7.04. The van der Waals surface area contributed by atoms with E-state index in [0.717, 1.165) is 4.47 Å². The molecule has 3 N–H and O–H groups in total. The van der Waals surface area contributed by atoms with E-state index >= 15 is 0 Å². The molecule has 2 heterocycles. The van der Waals surface area contributed by atoms with Crippen molar-refractivity contribution in [3.63, 3.8) is 0 Å². The van der Waals surface area contributed by atoms with Crippen molar-refractivity contribution in [1.82, 2.24) is 15.2 Å². The van der Waals surface area contributed by atoms with Gasteiger partial charge in [0, 0.05) is 16.7 Å². The Morgan fingerprint density at radius 1 is 1.50 bits per heavy atom. The second-order valence-electron chi connectivity index (χ2n) is 2.66. The minimum Gasteiger partial charge on any atom is -0.336 e. The van der Waals surface area contributed by atoms with Gasteiger partial charge in [0.1, 0.15) is 11.5 Å². The Hall–Kier alpha value is -1.56. The molecule has 72 valence electrons. The first kappa shape index (κ1) is 9.01. The van der Waals surface area contributed by atoms with Crippen molar-refractivity contribution in [3.8, 4) is 0 Å². The summed E-state index contributed by atoms with van der Waals surface area (Å²) in [6, 6.07) is 3.43. The van der Waals surface area contributed by atoms with Crippen LogP contribution in [0.4, 0.5) is 11.5 Å². The molecule has 0 spiro atoms. The van der Waals surface area contributed by atoms with Crippen LogP contribution in [0, 0.1) is 0 Å². The van der Waals surface area contributed by atoms with E-state index in [-0.39, 0.29) is 5.56 Å². The molecular formula is C8H7BrN4O. The molecule has 0 saturated carbocycles. The van der Waals surface area contributed by atoms with Crippen LogP contribution in [0.5, 0.6) is 0 Å². The molecule has 2 rings (SSSR count). The molecule has 0 unspecified atom stereocenters. The maximum absolute atomic E-state index is 11.3. The molecule has 2 aromatic heterocycles. The van der Waals surface area contributed by atoms with Crippen molar-refractivity contribution in [1.29, 1.82) is 0 Å². The van der Waals surface area contributed by atoms with Gasteiger partial charge < -0.3 is 10.3 Å². The number of pyridine rings is 1. The van der Waals surface area contributed by atoms with Crippen LogP contribution in [0.15, 0.2) is 33.8 Å². The summed E-state index contributed by atoms with van der Waals surface area (Å²) in [6.45, 7) is 0. The van der Waals surface area contributed by atoms with E-state index in [1.165, 1.54) is 0 Å². The van der Waals surface area contributed by atoms with Crippen molar-refractivity contribution in [2.24, 2.45) is 0 Å². The Kier molecular flexibility index (Phi) is 2.36. The summed E-state index contributed by atoms with van der Waals surface area (Å²) >= 11 is 3.26. The van der Waals surface area contributed by atoms with Crippen LogP contribution in [0.25, 0.3) is 0 Å². The first-order valence-corrected chi connectivity index (χ1v) is 4.69. The average Bonchev–Trinajstić information content (AvgIpc) is 2.64. The van der Waals surface area contributed by atoms with Crippen LogP contribution in [0.2, 0.25) is 0 Å². The van der Waals surface area contributed by atoms with Crippen LogP contribution >= 0.6 is 15.9 Å². The summed E-state index contributed by atoms with van der Waals surface area (Å²) in [4.78, 5) is 13.9. The van der Waals surface area contributed by atoms with Gasteiger partial charge >= 0.3 is 0 Å². The lowest BCUT2D eigenvalue weighted by molar-refractivity contribution is 1.09. The molecule has 0 saturated heterocycles. The van der Waals surface area contributed by atoms with Gasteiger partial charge in [0.25, 0.3) is 5.56 Å². The summed E-state index contributed by atoms with van der Waals surface area (Å²) in [5.74, 6) is 0.675. The van der Waals surface area contributed by atoms with Crippen molar-refractivity contribution in [3.05, 3.63) is 39.4 Å². The molecule has 14 heavy (non-hydrogen) atoms. The first-order valence-electron chi connectivity index (χ1n) is 3.90. The molecule has 0 aromatic carbocycles. The molecule has 0 radical (unpaired) electrons. The number of rotatable bonds is 2. The second-order valence-corrected chi connectivity index (χ2v) is 3.57. The van der Waals surface area contributed by atoms with Gasteiger partial charge in [0.2, 0.25) is 0 Å². The Bertz CT molecular complexity index is 476. The minimum absolute atomic E-state index is 0.178. The van der Waals surface area contributed by atoms with Crippen molar-refractivity contribution >= 4 is 27.4 Å². The number of nitrogens with zero attached hydrogens (tertiary/aromatic N) is 1. The normalized spacial score (nSPS) is 10.1. The number of hydrogen-bond donors (Lipinski definition) is 3. The Morgan fingerprint density at radius 2 is 2.36 bits per heavy atom. The van der Waals surface area contributed by atoms with Gasteiger partial charge in [0.05, 0.1) is 6.20 Å². The van der Waals surface area contributed by atoms with E-state index in [9.17, 15) is 4.79 Å². The highest BCUT2D eigenvalue weighted by atomic mass is 79.9. The number of hydrogen-bond acceptors (Lipinski definition) is 3. The summed E-state index contributed by atoms with van der Waals surface area (Å²) < 4.78 is 0.805. The molecule has 0 bridgehead atoms. The molecule has 5 nitrogen and oxygen atoms in total. The molecule has 0 atom stereocenters. The van der Waals surface area contributed by atoms with Gasteiger partial charge in [-0.1, -0.05) is 0 Å². The summed E-state index contributed by atoms with van der Waals surface area (Å²) in [6.07, 6.45) is 3.19. The highest BCUT2D eigenvalue weighted by Gasteiger charge is 2.00. The van der Waals surface area contributed by atoms with E-state index < -0.39 is 0 Å². The van der Waals surface area contributed by atoms with Crippen LogP contribution in [-0.4, -0.2) is 15.2 Å². The second kappa shape index (κ2) is 3.67. The summed E-state index contributed by atoms with van der Waals surface area (Å²) in [5.41, 5.74) is 0.284. The molecular weight excluding hydrogens is 248 g/mol. The Morgan fingerprint density at radius 3 is 3.07 bits per heavy atom. The molecule has 6 heteroatoms. The van der Waals surface area contributed by atoms with Gasteiger partial charge in [0.15, 0.2) is 0 Å². The largest absolute Gasteiger partial charge is 0.336 e. The van der Waals surface area contributed by atoms with E-state index in [4.69, 9.17) is 0 Å². The smallest absolute Gasteiger partial charge is 0.271 e. The van der Waals surface area contributed by atoms with Gasteiger partial charge in [-0.25, -0.2) is 0 Å². The van der Waals surface area contributed by atoms with Gasteiger partial charge in [-0.05, 0) is 22.0 Å². The molecule has 0 aliphatic carbocycles. The monoisotopic (exact) mass is 254 g/mol. The molecule has 0 amide bonds. The Labute approximate surface area is 87.7 Å². The number of nitrogens with one attached hydrogen (secondary N) is 3. The average molecular weight is 255 g/mol. The van der Waals surface area contributed by atoms with Crippen LogP contribution in [-0.2, 0) is 0 Å². The predicted molar refractivity (Wildman–Crippen MR) is 56.6 cm³/mol. The third-order valence-electron chi connectivity index (χ3n) is 1.64. The predicted octanol–water partition coefficient (Wildman–Crippen LogP) is 1.60. The zero-order valence-corrected chi connectivity index (χ0v) is 8.63. The van der Waals surface area contributed by atoms with Crippen LogP contribution in [0.3, 0.4) is 0 Å². The lowest BCUT2D eigenvalue weighted by atomic mass is 10.4. The summed E-state index contributed by atoms with van der Waals surface area (Å²) in [7, 11) is 0. The van der Waals surface area contributed by atoms with Gasteiger partial charge in [-0.2, -0.15) is 5.10 Å². The van der Waals surface area contributed by atoms with E-state index in [1.807, 2.05) is 0 Å². The molecule has 0 aliphatic heterocycles. The maximum Gasteiger partial charge on any atom is 0.271 e. The number of anilines is 2. The van der Waals surface area contributed by atoms with Crippen LogP contribution in [0.1, 0.15) is 0 Å². The number of aromatic amines is 2. The van der Waals surface area contributed by atoms with Crippen molar-refractivity contribution in [2.75, 3.05) is 5.32 Å². The van der Waals surface area contributed by atoms with Gasteiger partial charge in [-0.3, -0.25) is 9.89 Å². The van der Waals surface area contributed by atoms with Gasteiger partial charge in [-0.15, -0.1) is 0 Å². The standard InChI is InChI=1S/C8H7BrN4O/c9-5-3-6(8(14)10-4-5)12-7-1-2-11-13-7/h1-4H,(H,10,14)(H2,11,12,13). The number of halogens is 1. The third-order valence-corrected chi connectivity index (χ3v) is 2.10. The van der Waals surface area contributed by atoms with E-state index in [0.29, 0.717) is 11.5 Å². The first-order chi connectivity index (χ1) is 6.75. The van der Waals surface area contributed by atoms with E-state index in [2.05, 4.69) is 36.4 Å².